The Morgan fingerprint density at radius 2 is 2.05 bits per heavy atom. The first-order valence-electron chi connectivity index (χ1n) is 6.23. The third-order valence-corrected chi connectivity index (χ3v) is 4.14. The van der Waals surface area contributed by atoms with Gasteiger partial charge in [-0.05, 0) is 29.6 Å². The molecular weight excluding hydrogens is 388 g/mol. The normalized spacial score (nSPS) is 10.1. The summed E-state index contributed by atoms with van der Waals surface area (Å²) in [5.74, 6) is -0.535. The lowest BCUT2D eigenvalue weighted by Crippen LogP contribution is -2.24. The minimum Gasteiger partial charge on any atom is -0.347 e. The number of benzene rings is 1. The van der Waals surface area contributed by atoms with Crippen LogP contribution in [0.2, 0.25) is 5.02 Å². The van der Waals surface area contributed by atoms with Gasteiger partial charge in [-0.25, -0.2) is 0 Å². The van der Waals surface area contributed by atoms with Crippen molar-refractivity contribution in [3.05, 3.63) is 62.2 Å². The lowest BCUT2D eigenvalue weighted by molar-refractivity contribution is 0.0956. The molecule has 0 bridgehead atoms. The fourth-order valence-electron chi connectivity index (χ4n) is 1.63. The lowest BCUT2D eigenvalue weighted by Gasteiger charge is -2.09. The molecule has 0 fully saturated rings. The molecule has 0 aliphatic rings. The average molecular weight is 400 g/mol. The second kappa shape index (κ2) is 7.58. The Bertz CT molecular complexity index is 716. The van der Waals surface area contributed by atoms with E-state index in [-0.39, 0.29) is 11.8 Å². The number of carbonyl (C=O) groups excluding carboxylic acids is 2. The van der Waals surface area contributed by atoms with E-state index in [1.165, 1.54) is 11.3 Å². The van der Waals surface area contributed by atoms with Gasteiger partial charge in [-0.3, -0.25) is 9.59 Å². The van der Waals surface area contributed by atoms with Gasteiger partial charge in [0.15, 0.2) is 0 Å². The number of nitrogens with one attached hydrogen (secondary N) is 2. The number of amides is 2. The zero-order chi connectivity index (χ0) is 16.1. The van der Waals surface area contributed by atoms with Crippen LogP contribution in [0.25, 0.3) is 0 Å². The largest absolute Gasteiger partial charge is 0.347 e. The van der Waals surface area contributed by atoms with Crippen LogP contribution in [0.5, 0.6) is 0 Å². The zero-order valence-corrected chi connectivity index (χ0v) is 14.5. The highest BCUT2D eigenvalue weighted by Crippen LogP contribution is 2.24. The Kier molecular flexibility index (Phi) is 5.76. The lowest BCUT2D eigenvalue weighted by atomic mass is 10.2. The number of anilines is 1. The number of rotatable bonds is 5. The van der Waals surface area contributed by atoms with Gasteiger partial charge in [0.05, 0.1) is 15.6 Å². The number of carbonyl (C=O) groups is 2. The molecule has 0 aliphatic heterocycles. The first-order chi connectivity index (χ1) is 10.5. The minimum atomic E-state index is -0.274. The standard InChI is InChI=1S/C15H12BrClN2O2S/c1-9(16)8-18-14(20)10-4-5-11(17)12(7-10)19-15(21)13-3-2-6-22-13/h2-7H,1,8H2,(H,18,20)(H,19,21). The number of hydrogen-bond donors (Lipinski definition) is 2. The van der Waals surface area contributed by atoms with Crippen LogP contribution >= 0.6 is 38.9 Å². The van der Waals surface area contributed by atoms with Crippen molar-refractivity contribution < 1.29 is 9.59 Å². The van der Waals surface area contributed by atoms with Gasteiger partial charge in [0.25, 0.3) is 11.8 Å². The Hall–Kier alpha value is -1.63. The summed E-state index contributed by atoms with van der Waals surface area (Å²) in [6, 6.07) is 8.21. The highest BCUT2D eigenvalue weighted by Gasteiger charge is 2.12. The maximum Gasteiger partial charge on any atom is 0.265 e. The summed E-state index contributed by atoms with van der Waals surface area (Å²) in [7, 11) is 0. The molecule has 0 radical (unpaired) electrons. The molecule has 7 heteroatoms. The number of hydrogen-bond acceptors (Lipinski definition) is 3. The number of thiophene rings is 1. The second-order valence-electron chi connectivity index (χ2n) is 4.33. The maximum absolute atomic E-state index is 12.0. The van der Waals surface area contributed by atoms with Crippen LogP contribution in [0.3, 0.4) is 0 Å². The predicted octanol–water partition coefficient (Wildman–Crippen LogP) is 4.29. The van der Waals surface area contributed by atoms with Crippen LogP contribution in [-0.2, 0) is 0 Å². The molecule has 0 aliphatic carbocycles. The SMILES string of the molecule is C=C(Br)CNC(=O)c1ccc(Cl)c(NC(=O)c2cccs2)c1. The summed E-state index contributed by atoms with van der Waals surface area (Å²) in [6.45, 7) is 3.96. The van der Waals surface area contributed by atoms with Crippen LogP contribution < -0.4 is 10.6 Å². The second-order valence-corrected chi connectivity index (χ2v) is 6.80. The molecule has 0 saturated carbocycles. The predicted molar refractivity (Wildman–Crippen MR) is 94.1 cm³/mol. The van der Waals surface area contributed by atoms with Crippen LogP contribution in [0.4, 0.5) is 5.69 Å². The molecular formula is C15H12BrClN2O2S. The molecule has 0 unspecified atom stereocenters. The van der Waals surface area contributed by atoms with E-state index in [9.17, 15) is 9.59 Å². The molecule has 22 heavy (non-hydrogen) atoms. The van der Waals surface area contributed by atoms with E-state index in [1.54, 1.807) is 30.3 Å². The molecule has 2 N–H and O–H groups in total. The molecule has 114 valence electrons. The first kappa shape index (κ1) is 16.7. The van der Waals surface area contributed by atoms with Crippen molar-refractivity contribution in [3.63, 3.8) is 0 Å². The van der Waals surface area contributed by atoms with Crippen molar-refractivity contribution >= 4 is 56.4 Å². The molecule has 4 nitrogen and oxygen atoms in total. The summed E-state index contributed by atoms with van der Waals surface area (Å²) in [4.78, 5) is 24.6. The van der Waals surface area contributed by atoms with Crippen molar-refractivity contribution in [1.82, 2.24) is 5.32 Å². The van der Waals surface area contributed by atoms with E-state index < -0.39 is 0 Å². The van der Waals surface area contributed by atoms with E-state index >= 15 is 0 Å². The van der Waals surface area contributed by atoms with Crippen LogP contribution in [0.1, 0.15) is 20.0 Å². The van der Waals surface area contributed by atoms with E-state index in [0.29, 0.717) is 32.2 Å². The topological polar surface area (TPSA) is 58.2 Å². The van der Waals surface area contributed by atoms with Crippen molar-refractivity contribution in [2.75, 3.05) is 11.9 Å². The molecule has 1 aromatic carbocycles. The Morgan fingerprint density at radius 3 is 2.68 bits per heavy atom. The summed E-state index contributed by atoms with van der Waals surface area (Å²) >= 11 is 10.6. The highest BCUT2D eigenvalue weighted by molar-refractivity contribution is 9.11. The van der Waals surface area contributed by atoms with Crippen molar-refractivity contribution in [2.45, 2.75) is 0 Å². The van der Waals surface area contributed by atoms with E-state index in [2.05, 4.69) is 33.1 Å². The molecule has 0 spiro atoms. The Balaban J connectivity index is 2.14. The van der Waals surface area contributed by atoms with E-state index in [0.717, 1.165) is 0 Å². The van der Waals surface area contributed by atoms with Crippen LogP contribution in [-0.4, -0.2) is 18.4 Å². The molecule has 0 saturated heterocycles. The third-order valence-electron chi connectivity index (χ3n) is 2.66. The highest BCUT2D eigenvalue weighted by atomic mass is 79.9. The molecule has 2 amide bonds. The first-order valence-corrected chi connectivity index (χ1v) is 8.28. The molecule has 1 heterocycles. The fourth-order valence-corrected chi connectivity index (χ4v) is 2.56. The zero-order valence-electron chi connectivity index (χ0n) is 11.4. The minimum absolute atomic E-state index is 0.261. The fraction of sp³-hybridized carbons (Fsp3) is 0.0667. The monoisotopic (exact) mass is 398 g/mol. The van der Waals surface area contributed by atoms with Gasteiger partial charge in [-0.15, -0.1) is 11.3 Å². The van der Waals surface area contributed by atoms with Gasteiger partial charge >= 0.3 is 0 Å². The Labute approximate surface area is 145 Å². The quantitative estimate of drug-likeness (QED) is 0.788. The van der Waals surface area contributed by atoms with Crippen LogP contribution in [0, 0.1) is 0 Å². The smallest absolute Gasteiger partial charge is 0.265 e. The summed E-state index contributed by atoms with van der Waals surface area (Å²) < 4.78 is 0.668. The summed E-state index contributed by atoms with van der Waals surface area (Å²) in [6.07, 6.45) is 0. The molecule has 2 aromatic rings. The van der Waals surface area contributed by atoms with Crippen LogP contribution in [0.15, 0.2) is 46.8 Å². The third kappa shape index (κ3) is 4.43. The van der Waals surface area contributed by atoms with Gasteiger partial charge < -0.3 is 10.6 Å². The van der Waals surface area contributed by atoms with Gasteiger partial charge in [-0.1, -0.05) is 40.2 Å². The van der Waals surface area contributed by atoms with E-state index in [4.69, 9.17) is 11.6 Å². The molecule has 1 aromatic heterocycles. The van der Waals surface area contributed by atoms with Gasteiger partial charge in [0, 0.05) is 16.6 Å². The van der Waals surface area contributed by atoms with E-state index in [1.807, 2.05) is 5.38 Å². The summed E-state index contributed by atoms with van der Waals surface area (Å²) in [5, 5.41) is 7.57. The van der Waals surface area contributed by atoms with Gasteiger partial charge in [0.1, 0.15) is 0 Å². The van der Waals surface area contributed by atoms with Gasteiger partial charge in [0.2, 0.25) is 0 Å². The molecule has 2 rings (SSSR count). The number of halogens is 2. The van der Waals surface area contributed by atoms with Gasteiger partial charge in [-0.2, -0.15) is 0 Å². The maximum atomic E-state index is 12.0. The Morgan fingerprint density at radius 1 is 1.27 bits per heavy atom. The summed E-state index contributed by atoms with van der Waals surface area (Å²) in [5.41, 5.74) is 0.796. The van der Waals surface area contributed by atoms with Crippen molar-refractivity contribution in [3.8, 4) is 0 Å². The van der Waals surface area contributed by atoms with Crippen molar-refractivity contribution in [1.29, 1.82) is 0 Å². The van der Waals surface area contributed by atoms with Crippen molar-refractivity contribution in [2.24, 2.45) is 0 Å². The molecule has 0 atom stereocenters. The average Bonchev–Trinajstić information content (AvgIpc) is 3.01.